The fourth-order valence-corrected chi connectivity index (χ4v) is 3.20. The highest BCUT2D eigenvalue weighted by atomic mass is 35.5. The summed E-state index contributed by atoms with van der Waals surface area (Å²) in [4.78, 5) is 30.2. The molecule has 1 atom stereocenters. The van der Waals surface area contributed by atoms with E-state index in [4.69, 9.17) is 16.3 Å². The van der Waals surface area contributed by atoms with Gasteiger partial charge in [0.2, 0.25) is 5.91 Å². The van der Waals surface area contributed by atoms with Crippen LogP contribution in [0.15, 0.2) is 48.7 Å². The lowest BCUT2D eigenvalue weighted by molar-refractivity contribution is -0.117. The van der Waals surface area contributed by atoms with E-state index in [2.05, 4.69) is 10.3 Å². The van der Waals surface area contributed by atoms with E-state index in [1.54, 1.807) is 43.3 Å². The number of hydrogen-bond acceptors (Lipinski definition) is 4. The standard InChI is InChI=1S/C21H22ClN3O3/c1-13(21(27)16-11-23-17-7-5-4-6-15(16)17)25(2)12-20(26)24-18-10-14(22)8-9-19(18)28-3/h4-11,13,23H,12H2,1-3H3,(H,24,26)/t13-/m1/s1. The fraction of sp³-hybridized carbons (Fsp3) is 0.238. The Hall–Kier alpha value is -2.83. The quantitative estimate of drug-likeness (QED) is 0.589. The molecule has 6 nitrogen and oxygen atoms in total. The zero-order valence-electron chi connectivity index (χ0n) is 16.0. The molecule has 0 unspecified atom stereocenters. The van der Waals surface area contributed by atoms with Gasteiger partial charge in [-0.1, -0.05) is 29.8 Å². The van der Waals surface area contributed by atoms with Crippen LogP contribution in [0.2, 0.25) is 5.02 Å². The molecule has 0 radical (unpaired) electrons. The summed E-state index contributed by atoms with van der Waals surface area (Å²) in [6.45, 7) is 1.84. The number of likely N-dealkylation sites (N-methyl/N-ethyl adjacent to an activating group) is 1. The summed E-state index contributed by atoms with van der Waals surface area (Å²) in [5.41, 5.74) is 2.02. The SMILES string of the molecule is COc1ccc(Cl)cc1NC(=O)CN(C)[C@H](C)C(=O)c1c[nH]c2ccccc12. The van der Waals surface area contributed by atoms with Gasteiger partial charge in [-0.15, -0.1) is 0 Å². The molecule has 0 aliphatic rings. The number of benzene rings is 2. The number of nitrogens with one attached hydrogen (secondary N) is 2. The number of methoxy groups -OCH3 is 1. The first-order chi connectivity index (χ1) is 13.4. The summed E-state index contributed by atoms with van der Waals surface area (Å²) in [5, 5.41) is 4.15. The maximum absolute atomic E-state index is 12.9. The molecule has 3 aromatic rings. The Morgan fingerprint density at radius 2 is 2.00 bits per heavy atom. The van der Waals surface area contributed by atoms with Crippen molar-refractivity contribution in [3.05, 3.63) is 59.2 Å². The first-order valence-corrected chi connectivity index (χ1v) is 9.22. The number of aromatic nitrogens is 1. The first-order valence-electron chi connectivity index (χ1n) is 8.84. The Balaban J connectivity index is 1.68. The van der Waals surface area contributed by atoms with Crippen LogP contribution in [0.3, 0.4) is 0 Å². The number of fused-ring (bicyclic) bond motifs is 1. The van der Waals surface area contributed by atoms with Gasteiger partial charge in [0.25, 0.3) is 0 Å². The van der Waals surface area contributed by atoms with Crippen molar-refractivity contribution in [1.82, 2.24) is 9.88 Å². The predicted octanol–water partition coefficient (Wildman–Crippen LogP) is 3.97. The van der Waals surface area contributed by atoms with Crippen LogP contribution >= 0.6 is 11.6 Å². The molecule has 3 rings (SSSR count). The van der Waals surface area contributed by atoms with Gasteiger partial charge in [0.1, 0.15) is 5.75 Å². The number of hydrogen-bond donors (Lipinski definition) is 2. The summed E-state index contributed by atoms with van der Waals surface area (Å²) < 4.78 is 5.24. The van der Waals surface area contributed by atoms with Gasteiger partial charge >= 0.3 is 0 Å². The number of carbonyl (C=O) groups excluding carboxylic acids is 2. The third-order valence-electron chi connectivity index (χ3n) is 4.72. The molecule has 0 aliphatic carbocycles. The number of Topliss-reactive ketones (excluding diaryl/α,β-unsaturated/α-hetero) is 1. The number of ketones is 1. The van der Waals surface area contributed by atoms with Gasteiger partial charge in [0.15, 0.2) is 5.78 Å². The van der Waals surface area contributed by atoms with E-state index in [-0.39, 0.29) is 18.2 Å². The maximum atomic E-state index is 12.9. The van der Waals surface area contributed by atoms with E-state index in [9.17, 15) is 9.59 Å². The number of halogens is 1. The molecule has 1 aromatic heterocycles. The third-order valence-corrected chi connectivity index (χ3v) is 4.96. The average Bonchev–Trinajstić information content (AvgIpc) is 3.11. The number of para-hydroxylation sites is 1. The number of carbonyl (C=O) groups is 2. The van der Waals surface area contributed by atoms with Crippen LogP contribution < -0.4 is 10.1 Å². The second-order valence-electron chi connectivity index (χ2n) is 6.60. The minimum absolute atomic E-state index is 0.0466. The molecule has 0 saturated carbocycles. The Morgan fingerprint density at radius 1 is 1.25 bits per heavy atom. The van der Waals surface area contributed by atoms with Crippen LogP contribution in [0.5, 0.6) is 5.75 Å². The van der Waals surface area contributed by atoms with Crippen molar-refractivity contribution in [3.8, 4) is 5.75 Å². The molecule has 0 bridgehead atoms. The summed E-state index contributed by atoms with van der Waals surface area (Å²) >= 11 is 5.99. The van der Waals surface area contributed by atoms with Crippen molar-refractivity contribution in [1.29, 1.82) is 0 Å². The van der Waals surface area contributed by atoms with E-state index in [1.165, 1.54) is 7.11 Å². The smallest absolute Gasteiger partial charge is 0.238 e. The van der Waals surface area contributed by atoms with Gasteiger partial charge < -0.3 is 15.0 Å². The molecule has 1 heterocycles. The topological polar surface area (TPSA) is 74.4 Å². The molecule has 2 aromatic carbocycles. The Kier molecular flexibility index (Phi) is 6.02. The largest absolute Gasteiger partial charge is 0.495 e. The number of H-pyrrole nitrogens is 1. The molecule has 0 spiro atoms. The van der Waals surface area contributed by atoms with Gasteiger partial charge in [-0.05, 0) is 38.2 Å². The molecule has 0 fully saturated rings. The minimum Gasteiger partial charge on any atom is -0.495 e. The molecule has 28 heavy (non-hydrogen) atoms. The minimum atomic E-state index is -0.466. The Bertz CT molecular complexity index is 1020. The normalized spacial score (nSPS) is 12.2. The fourth-order valence-electron chi connectivity index (χ4n) is 3.03. The zero-order valence-corrected chi connectivity index (χ0v) is 16.7. The van der Waals surface area contributed by atoms with Gasteiger partial charge in [0.05, 0.1) is 25.4 Å². The van der Waals surface area contributed by atoms with E-state index in [1.807, 2.05) is 24.3 Å². The van der Waals surface area contributed by atoms with Crippen molar-refractivity contribution in [3.63, 3.8) is 0 Å². The number of aromatic amines is 1. The number of ether oxygens (including phenoxy) is 1. The van der Waals surface area contributed by atoms with Crippen LogP contribution in [-0.4, -0.2) is 48.3 Å². The second-order valence-corrected chi connectivity index (χ2v) is 7.03. The van der Waals surface area contributed by atoms with Crippen LogP contribution in [0.4, 0.5) is 5.69 Å². The third kappa shape index (κ3) is 4.18. The van der Waals surface area contributed by atoms with Crippen molar-refractivity contribution in [2.45, 2.75) is 13.0 Å². The van der Waals surface area contributed by atoms with Gasteiger partial charge in [-0.2, -0.15) is 0 Å². The lowest BCUT2D eigenvalue weighted by Gasteiger charge is -2.23. The molecule has 2 N–H and O–H groups in total. The molecule has 146 valence electrons. The summed E-state index contributed by atoms with van der Waals surface area (Å²) in [7, 11) is 3.26. The number of nitrogens with zero attached hydrogens (tertiary/aromatic N) is 1. The predicted molar refractivity (Wildman–Crippen MR) is 111 cm³/mol. The first kappa shape index (κ1) is 19.9. The van der Waals surface area contributed by atoms with Crippen molar-refractivity contribution in [2.24, 2.45) is 0 Å². The van der Waals surface area contributed by atoms with Crippen molar-refractivity contribution in [2.75, 3.05) is 26.0 Å². The number of rotatable bonds is 7. The molecule has 7 heteroatoms. The molecular formula is C21H22ClN3O3. The second kappa shape index (κ2) is 8.46. The highest BCUT2D eigenvalue weighted by Gasteiger charge is 2.24. The van der Waals surface area contributed by atoms with Crippen LogP contribution in [-0.2, 0) is 4.79 Å². The highest BCUT2D eigenvalue weighted by Crippen LogP contribution is 2.27. The average molecular weight is 400 g/mol. The monoisotopic (exact) mass is 399 g/mol. The van der Waals surface area contributed by atoms with Gasteiger partial charge in [0, 0.05) is 27.7 Å². The maximum Gasteiger partial charge on any atom is 0.238 e. The molecule has 0 aliphatic heterocycles. The van der Waals surface area contributed by atoms with Crippen molar-refractivity contribution < 1.29 is 14.3 Å². The van der Waals surface area contributed by atoms with Crippen molar-refractivity contribution >= 4 is 39.9 Å². The Morgan fingerprint density at radius 3 is 2.75 bits per heavy atom. The lowest BCUT2D eigenvalue weighted by atomic mass is 10.0. The number of anilines is 1. The lowest BCUT2D eigenvalue weighted by Crippen LogP contribution is -2.40. The van der Waals surface area contributed by atoms with Crippen LogP contribution in [0.25, 0.3) is 10.9 Å². The molecular weight excluding hydrogens is 378 g/mol. The zero-order chi connectivity index (χ0) is 20.3. The van der Waals surface area contributed by atoms with E-state index < -0.39 is 6.04 Å². The highest BCUT2D eigenvalue weighted by molar-refractivity contribution is 6.31. The van der Waals surface area contributed by atoms with Crippen LogP contribution in [0, 0.1) is 0 Å². The number of amides is 1. The summed E-state index contributed by atoms with van der Waals surface area (Å²) in [5.74, 6) is 0.207. The Labute approximate surface area is 168 Å². The summed E-state index contributed by atoms with van der Waals surface area (Å²) in [6, 6.07) is 12.2. The van der Waals surface area contributed by atoms with E-state index in [0.717, 1.165) is 10.9 Å². The molecule has 1 amide bonds. The van der Waals surface area contributed by atoms with E-state index in [0.29, 0.717) is 22.0 Å². The van der Waals surface area contributed by atoms with Gasteiger partial charge in [-0.25, -0.2) is 0 Å². The summed E-state index contributed by atoms with van der Waals surface area (Å²) in [6.07, 6.45) is 1.72. The van der Waals surface area contributed by atoms with E-state index >= 15 is 0 Å². The van der Waals surface area contributed by atoms with Crippen LogP contribution in [0.1, 0.15) is 17.3 Å². The molecule has 0 saturated heterocycles. The van der Waals surface area contributed by atoms with Gasteiger partial charge in [-0.3, -0.25) is 14.5 Å².